The van der Waals surface area contributed by atoms with Crippen molar-refractivity contribution in [2.45, 2.75) is 18.2 Å². The maximum absolute atomic E-state index is 12.7. The molecule has 1 aliphatic heterocycles. The van der Waals surface area contributed by atoms with Crippen LogP contribution in [0.1, 0.15) is 23.7 Å². The van der Waals surface area contributed by atoms with Gasteiger partial charge >= 0.3 is 5.97 Å². The number of amides is 2. The quantitative estimate of drug-likeness (QED) is 0.595. The van der Waals surface area contributed by atoms with Crippen LogP contribution < -0.4 is 10.2 Å². The number of hydrogen-bond donors (Lipinski definition) is 1. The smallest absolute Gasteiger partial charge is 0.340 e. The van der Waals surface area contributed by atoms with Gasteiger partial charge in [0.2, 0.25) is 11.8 Å². The summed E-state index contributed by atoms with van der Waals surface area (Å²) in [5, 5.41) is 2.78. The third-order valence-corrected chi connectivity index (χ3v) is 5.27. The Morgan fingerprint density at radius 3 is 2.75 bits per heavy atom. The van der Waals surface area contributed by atoms with Gasteiger partial charge in [-0.15, -0.1) is 11.8 Å². The zero-order chi connectivity index (χ0) is 20.1. The van der Waals surface area contributed by atoms with Crippen LogP contribution in [0.4, 0.5) is 11.4 Å². The fourth-order valence-electron chi connectivity index (χ4n) is 3.12. The van der Waals surface area contributed by atoms with Crippen LogP contribution in [0.2, 0.25) is 0 Å². The van der Waals surface area contributed by atoms with Crippen molar-refractivity contribution < 1.29 is 19.1 Å². The highest BCUT2D eigenvalue weighted by atomic mass is 32.2. The van der Waals surface area contributed by atoms with E-state index in [4.69, 9.17) is 4.74 Å². The van der Waals surface area contributed by atoms with Crippen LogP contribution in [0.5, 0.6) is 0 Å². The molecule has 1 atom stereocenters. The fourth-order valence-corrected chi connectivity index (χ4v) is 3.58. The van der Waals surface area contributed by atoms with E-state index in [1.54, 1.807) is 47.9 Å². The Morgan fingerprint density at radius 2 is 2.00 bits per heavy atom. The molecule has 6 nitrogen and oxygen atoms in total. The monoisotopic (exact) mass is 398 g/mol. The van der Waals surface area contributed by atoms with Crippen molar-refractivity contribution in [3.63, 3.8) is 0 Å². The summed E-state index contributed by atoms with van der Waals surface area (Å²) >= 11 is 1.60. The van der Waals surface area contributed by atoms with Crippen molar-refractivity contribution >= 4 is 40.9 Å². The van der Waals surface area contributed by atoms with Crippen LogP contribution in [-0.2, 0) is 14.3 Å². The molecule has 3 rings (SSSR count). The number of ether oxygens (including phenoxy) is 1. The van der Waals surface area contributed by atoms with E-state index in [1.165, 1.54) is 0 Å². The Kier molecular flexibility index (Phi) is 6.36. The molecule has 0 aromatic heterocycles. The molecule has 2 aromatic rings. The number of thioether (sulfide) groups is 1. The minimum atomic E-state index is -0.489. The Morgan fingerprint density at radius 1 is 1.21 bits per heavy atom. The highest BCUT2D eigenvalue weighted by molar-refractivity contribution is 7.98. The lowest BCUT2D eigenvalue weighted by atomic mass is 10.1. The summed E-state index contributed by atoms with van der Waals surface area (Å²) < 4.78 is 5.03. The van der Waals surface area contributed by atoms with Crippen LogP contribution in [-0.4, -0.2) is 37.2 Å². The van der Waals surface area contributed by atoms with Gasteiger partial charge in [0.1, 0.15) is 0 Å². The third kappa shape index (κ3) is 4.36. The van der Waals surface area contributed by atoms with Crippen molar-refractivity contribution in [2.24, 2.45) is 5.92 Å². The van der Waals surface area contributed by atoms with Gasteiger partial charge in [-0.2, -0.15) is 0 Å². The van der Waals surface area contributed by atoms with E-state index in [-0.39, 0.29) is 24.8 Å². The van der Waals surface area contributed by atoms with Crippen molar-refractivity contribution in [1.82, 2.24) is 0 Å². The predicted octanol–water partition coefficient (Wildman–Crippen LogP) is 3.58. The molecule has 0 saturated carbocycles. The Labute approximate surface area is 168 Å². The average molecular weight is 398 g/mol. The minimum Gasteiger partial charge on any atom is -0.462 e. The summed E-state index contributed by atoms with van der Waals surface area (Å²) in [7, 11) is 0. The zero-order valence-corrected chi connectivity index (χ0v) is 16.6. The molecular formula is C21H22N2O4S. The molecule has 7 heteroatoms. The van der Waals surface area contributed by atoms with E-state index < -0.39 is 11.9 Å². The second-order valence-electron chi connectivity index (χ2n) is 6.36. The van der Waals surface area contributed by atoms with Crippen LogP contribution in [0.15, 0.2) is 53.4 Å². The molecule has 1 saturated heterocycles. The number of anilines is 2. The maximum atomic E-state index is 12.7. The lowest BCUT2D eigenvalue weighted by molar-refractivity contribution is -0.122. The molecule has 28 heavy (non-hydrogen) atoms. The zero-order valence-electron chi connectivity index (χ0n) is 15.8. The van der Waals surface area contributed by atoms with Gasteiger partial charge in [-0.1, -0.05) is 18.2 Å². The summed E-state index contributed by atoms with van der Waals surface area (Å²) in [4.78, 5) is 40.0. The molecule has 2 amide bonds. The molecule has 0 aliphatic carbocycles. The largest absolute Gasteiger partial charge is 0.462 e. The van der Waals surface area contributed by atoms with Crippen LogP contribution >= 0.6 is 11.8 Å². The van der Waals surface area contributed by atoms with Crippen LogP contribution in [0.3, 0.4) is 0 Å². The van der Waals surface area contributed by atoms with Gasteiger partial charge in [-0.3, -0.25) is 9.59 Å². The predicted molar refractivity (Wildman–Crippen MR) is 110 cm³/mol. The number of carbonyl (C=O) groups excluding carboxylic acids is 3. The van der Waals surface area contributed by atoms with Crippen LogP contribution in [0, 0.1) is 5.92 Å². The molecule has 1 heterocycles. The van der Waals surface area contributed by atoms with Crippen molar-refractivity contribution in [2.75, 3.05) is 29.6 Å². The lowest BCUT2D eigenvalue weighted by Gasteiger charge is -2.17. The van der Waals surface area contributed by atoms with Crippen molar-refractivity contribution in [1.29, 1.82) is 0 Å². The fraction of sp³-hybridized carbons (Fsp3) is 0.286. The second-order valence-corrected chi connectivity index (χ2v) is 7.24. The molecule has 0 spiro atoms. The maximum Gasteiger partial charge on any atom is 0.340 e. The summed E-state index contributed by atoms with van der Waals surface area (Å²) in [6.07, 6.45) is 2.11. The Bertz CT molecular complexity index is 899. The van der Waals surface area contributed by atoms with E-state index in [0.29, 0.717) is 17.8 Å². The molecular weight excluding hydrogens is 376 g/mol. The number of hydrogen-bond acceptors (Lipinski definition) is 5. The highest BCUT2D eigenvalue weighted by Crippen LogP contribution is 2.29. The van der Waals surface area contributed by atoms with Crippen molar-refractivity contribution in [3.05, 3.63) is 54.1 Å². The highest BCUT2D eigenvalue weighted by Gasteiger charge is 2.35. The summed E-state index contributed by atoms with van der Waals surface area (Å²) in [5.74, 6) is -1.34. The SMILES string of the molecule is CCOC(=O)c1ccccc1NC(=O)[C@@H]1CC(=O)N(c2cccc(SC)c2)C1. The third-order valence-electron chi connectivity index (χ3n) is 4.54. The second kappa shape index (κ2) is 8.93. The normalized spacial score (nSPS) is 16.1. The lowest BCUT2D eigenvalue weighted by Crippen LogP contribution is -2.28. The molecule has 1 fully saturated rings. The summed E-state index contributed by atoms with van der Waals surface area (Å²) in [5.41, 5.74) is 1.48. The van der Waals surface area contributed by atoms with E-state index in [2.05, 4.69) is 5.32 Å². The molecule has 2 aromatic carbocycles. The van der Waals surface area contributed by atoms with E-state index >= 15 is 0 Å². The van der Waals surface area contributed by atoms with Crippen LogP contribution in [0.25, 0.3) is 0 Å². The Hall–Kier alpha value is -2.80. The first-order chi connectivity index (χ1) is 13.5. The first-order valence-electron chi connectivity index (χ1n) is 9.05. The molecule has 0 bridgehead atoms. The molecule has 0 radical (unpaired) electrons. The number of nitrogens with zero attached hydrogens (tertiary/aromatic N) is 1. The number of esters is 1. The van der Waals surface area contributed by atoms with E-state index in [9.17, 15) is 14.4 Å². The number of nitrogens with one attached hydrogen (secondary N) is 1. The van der Waals surface area contributed by atoms with Gasteiger partial charge in [0, 0.05) is 23.5 Å². The van der Waals surface area contributed by atoms with Gasteiger partial charge in [-0.05, 0) is 43.5 Å². The van der Waals surface area contributed by atoms with E-state index in [0.717, 1.165) is 10.6 Å². The minimum absolute atomic E-state index is 0.0860. The Balaban J connectivity index is 1.73. The molecule has 0 unspecified atom stereocenters. The van der Waals surface area contributed by atoms with E-state index in [1.807, 2.05) is 30.5 Å². The van der Waals surface area contributed by atoms with Gasteiger partial charge in [0.25, 0.3) is 0 Å². The van der Waals surface area contributed by atoms with Crippen molar-refractivity contribution in [3.8, 4) is 0 Å². The van der Waals surface area contributed by atoms with Gasteiger partial charge in [-0.25, -0.2) is 4.79 Å². The average Bonchev–Trinajstić information content (AvgIpc) is 3.10. The number of rotatable bonds is 6. The topological polar surface area (TPSA) is 75.7 Å². The molecule has 146 valence electrons. The van der Waals surface area contributed by atoms with Gasteiger partial charge in [0.05, 0.1) is 23.8 Å². The van der Waals surface area contributed by atoms with Gasteiger partial charge in [0.15, 0.2) is 0 Å². The molecule has 1 N–H and O–H groups in total. The number of para-hydroxylation sites is 1. The number of benzene rings is 2. The summed E-state index contributed by atoms with van der Waals surface area (Å²) in [6.45, 7) is 2.29. The van der Waals surface area contributed by atoms with Gasteiger partial charge < -0.3 is 15.0 Å². The first kappa shape index (κ1) is 19.9. The summed E-state index contributed by atoms with van der Waals surface area (Å²) in [6, 6.07) is 14.4. The number of carbonyl (C=O) groups is 3. The first-order valence-corrected chi connectivity index (χ1v) is 10.3. The standard InChI is InChI=1S/C21H22N2O4S/c1-3-27-21(26)17-9-4-5-10-18(17)22-20(25)14-11-19(24)23(13-14)15-7-6-8-16(12-15)28-2/h4-10,12,14H,3,11,13H2,1-2H3,(H,22,25)/t14-/m1/s1. The molecule has 1 aliphatic rings.